The molecule has 3 heterocycles. The molecule has 1 unspecified atom stereocenters. The van der Waals surface area contributed by atoms with E-state index < -0.39 is 0 Å². The van der Waals surface area contributed by atoms with E-state index in [1.165, 1.54) is 51.6 Å². The quantitative estimate of drug-likeness (QED) is 0.628. The van der Waals surface area contributed by atoms with E-state index in [-0.39, 0.29) is 0 Å². The first-order valence-electron chi connectivity index (χ1n) is 6.26. The molecule has 3 saturated heterocycles. The van der Waals surface area contributed by atoms with Crippen molar-refractivity contribution in [3.05, 3.63) is 0 Å². The second-order valence-electron chi connectivity index (χ2n) is 4.75. The predicted octanol–water partition coefficient (Wildman–Crippen LogP) is 2.64. The molecule has 0 aromatic rings. The third-order valence-electron chi connectivity index (χ3n) is 3.65. The predicted molar refractivity (Wildman–Crippen MR) is 58.2 cm³/mol. The Balaban J connectivity index is 1.66. The van der Waals surface area contributed by atoms with Crippen LogP contribution in [0.15, 0.2) is 0 Å². The lowest BCUT2D eigenvalue weighted by Crippen LogP contribution is -2.49. The van der Waals surface area contributed by atoms with Gasteiger partial charge in [0.05, 0.1) is 0 Å². The molecule has 14 heavy (non-hydrogen) atoms. The largest absolute Gasteiger partial charge is 0.363 e. The number of rotatable bonds is 5. The Kier molecular flexibility index (Phi) is 3.82. The molecule has 3 rings (SSSR count). The first-order chi connectivity index (χ1) is 6.90. The van der Waals surface area contributed by atoms with Crippen molar-refractivity contribution in [2.75, 3.05) is 19.7 Å². The number of piperidine rings is 3. The molecule has 0 N–H and O–H groups in total. The van der Waals surface area contributed by atoms with Gasteiger partial charge >= 0.3 is 0 Å². The first kappa shape index (κ1) is 10.4. The molecule has 2 heteroatoms. The number of unbranched alkanes of at least 4 members (excludes halogenated alkanes) is 2. The zero-order valence-corrected chi connectivity index (χ0v) is 9.37. The maximum atomic E-state index is 5.94. The summed E-state index contributed by atoms with van der Waals surface area (Å²) < 4.78 is 5.94. The van der Waals surface area contributed by atoms with Gasteiger partial charge in [0.25, 0.3) is 0 Å². The lowest BCUT2D eigenvalue weighted by atomic mass is 9.87. The van der Waals surface area contributed by atoms with Crippen LogP contribution >= 0.6 is 0 Å². The highest BCUT2D eigenvalue weighted by Gasteiger charge is 2.33. The van der Waals surface area contributed by atoms with Crippen molar-refractivity contribution in [2.24, 2.45) is 5.92 Å². The van der Waals surface area contributed by atoms with Crippen molar-refractivity contribution in [3.63, 3.8) is 0 Å². The number of hydrogen-bond acceptors (Lipinski definition) is 2. The molecular weight excluding hydrogens is 174 g/mol. The van der Waals surface area contributed by atoms with Crippen LogP contribution in [-0.4, -0.2) is 30.8 Å². The van der Waals surface area contributed by atoms with Crippen LogP contribution in [-0.2, 0) is 4.74 Å². The van der Waals surface area contributed by atoms with Gasteiger partial charge in [-0.1, -0.05) is 19.8 Å². The van der Waals surface area contributed by atoms with Gasteiger partial charge in [0.2, 0.25) is 0 Å². The molecule has 3 fully saturated rings. The fraction of sp³-hybridized carbons (Fsp3) is 1.00. The molecule has 3 aliphatic rings. The highest BCUT2D eigenvalue weighted by Crippen LogP contribution is 2.32. The average molecular weight is 197 g/mol. The number of hydrogen-bond donors (Lipinski definition) is 0. The van der Waals surface area contributed by atoms with Gasteiger partial charge in [0.15, 0.2) is 0 Å². The zero-order chi connectivity index (χ0) is 9.80. The summed E-state index contributed by atoms with van der Waals surface area (Å²) in [5, 5.41) is 0. The van der Waals surface area contributed by atoms with Gasteiger partial charge in [-0.15, -0.1) is 0 Å². The molecule has 1 atom stereocenters. The van der Waals surface area contributed by atoms with Crippen LogP contribution in [0.3, 0.4) is 0 Å². The number of nitrogens with zero attached hydrogens (tertiary/aromatic N) is 1. The fourth-order valence-corrected chi connectivity index (χ4v) is 2.66. The Morgan fingerprint density at radius 1 is 1.21 bits per heavy atom. The fourth-order valence-electron chi connectivity index (χ4n) is 2.66. The summed E-state index contributed by atoms with van der Waals surface area (Å²) in [6, 6.07) is 0. The van der Waals surface area contributed by atoms with E-state index in [0.717, 1.165) is 12.5 Å². The molecule has 82 valence electrons. The van der Waals surface area contributed by atoms with Crippen LogP contribution in [0.2, 0.25) is 0 Å². The van der Waals surface area contributed by atoms with E-state index in [9.17, 15) is 0 Å². The van der Waals surface area contributed by atoms with E-state index in [1.54, 1.807) is 0 Å². The van der Waals surface area contributed by atoms with Crippen LogP contribution < -0.4 is 0 Å². The van der Waals surface area contributed by atoms with Crippen LogP contribution in [0.4, 0.5) is 0 Å². The monoisotopic (exact) mass is 197 g/mol. The molecule has 3 aliphatic heterocycles. The minimum atomic E-state index is 0.472. The molecular formula is C12H23NO. The van der Waals surface area contributed by atoms with Crippen molar-refractivity contribution >= 4 is 0 Å². The molecule has 2 bridgehead atoms. The zero-order valence-electron chi connectivity index (χ0n) is 9.37. The van der Waals surface area contributed by atoms with Crippen molar-refractivity contribution in [2.45, 2.75) is 51.7 Å². The summed E-state index contributed by atoms with van der Waals surface area (Å²) in [5.41, 5.74) is 0. The van der Waals surface area contributed by atoms with Gasteiger partial charge in [-0.25, -0.2) is 0 Å². The summed E-state index contributed by atoms with van der Waals surface area (Å²) in [6.45, 7) is 5.78. The third kappa shape index (κ3) is 2.48. The van der Waals surface area contributed by atoms with Crippen LogP contribution in [0.5, 0.6) is 0 Å². The van der Waals surface area contributed by atoms with Crippen molar-refractivity contribution in [1.29, 1.82) is 0 Å². The minimum absolute atomic E-state index is 0.472. The normalized spacial score (nSPS) is 36.2. The number of ether oxygens (including phenoxy) is 1. The standard InChI is InChI=1S/C12H23NO/c1-2-3-4-9-14-12-10-11-5-7-13(12)8-6-11/h11-12H,2-10H2,1H3. The molecule has 0 saturated carbocycles. The summed E-state index contributed by atoms with van der Waals surface area (Å²) in [6.07, 6.45) is 8.44. The SMILES string of the molecule is CCCCCOC1CC2CCN1CC2. The van der Waals surface area contributed by atoms with Gasteiger partial charge in [0.1, 0.15) is 6.23 Å². The summed E-state index contributed by atoms with van der Waals surface area (Å²) >= 11 is 0. The molecule has 0 aromatic heterocycles. The molecule has 0 aromatic carbocycles. The van der Waals surface area contributed by atoms with E-state index in [0.29, 0.717) is 6.23 Å². The van der Waals surface area contributed by atoms with E-state index in [1.807, 2.05) is 0 Å². The summed E-state index contributed by atoms with van der Waals surface area (Å²) in [4.78, 5) is 2.53. The van der Waals surface area contributed by atoms with Crippen molar-refractivity contribution in [1.82, 2.24) is 4.90 Å². The second-order valence-corrected chi connectivity index (χ2v) is 4.75. The molecule has 2 nitrogen and oxygen atoms in total. The maximum Gasteiger partial charge on any atom is 0.110 e. The Hall–Kier alpha value is -0.0800. The van der Waals surface area contributed by atoms with Gasteiger partial charge in [-0.05, 0) is 31.6 Å². The van der Waals surface area contributed by atoms with E-state index in [2.05, 4.69) is 11.8 Å². The lowest BCUT2D eigenvalue weighted by Gasteiger charge is -2.44. The van der Waals surface area contributed by atoms with Crippen LogP contribution in [0.25, 0.3) is 0 Å². The van der Waals surface area contributed by atoms with Gasteiger partial charge < -0.3 is 4.74 Å². The lowest BCUT2D eigenvalue weighted by molar-refractivity contribution is -0.120. The Bertz CT molecular complexity index is 164. The van der Waals surface area contributed by atoms with Gasteiger partial charge in [-0.3, -0.25) is 4.90 Å². The smallest absolute Gasteiger partial charge is 0.110 e. The number of fused-ring (bicyclic) bond motifs is 3. The topological polar surface area (TPSA) is 12.5 Å². The Labute approximate surface area is 87.6 Å². The van der Waals surface area contributed by atoms with Gasteiger partial charge in [-0.2, -0.15) is 0 Å². The van der Waals surface area contributed by atoms with Crippen molar-refractivity contribution in [3.8, 4) is 0 Å². The van der Waals surface area contributed by atoms with Crippen molar-refractivity contribution < 1.29 is 4.74 Å². The maximum absolute atomic E-state index is 5.94. The average Bonchev–Trinajstić information content (AvgIpc) is 2.26. The highest BCUT2D eigenvalue weighted by atomic mass is 16.5. The Morgan fingerprint density at radius 2 is 2.00 bits per heavy atom. The molecule has 0 radical (unpaired) electrons. The second kappa shape index (κ2) is 5.13. The van der Waals surface area contributed by atoms with Crippen LogP contribution in [0, 0.1) is 5.92 Å². The minimum Gasteiger partial charge on any atom is -0.363 e. The molecule has 0 amide bonds. The third-order valence-corrected chi connectivity index (χ3v) is 3.65. The summed E-state index contributed by atoms with van der Waals surface area (Å²) in [7, 11) is 0. The van der Waals surface area contributed by atoms with Gasteiger partial charge in [0, 0.05) is 19.7 Å². The first-order valence-corrected chi connectivity index (χ1v) is 6.26. The van der Waals surface area contributed by atoms with Crippen LogP contribution in [0.1, 0.15) is 45.4 Å². The van der Waals surface area contributed by atoms with E-state index in [4.69, 9.17) is 4.74 Å². The molecule has 0 aliphatic carbocycles. The van der Waals surface area contributed by atoms with E-state index >= 15 is 0 Å². The highest BCUT2D eigenvalue weighted by molar-refractivity contribution is 4.83. The summed E-state index contributed by atoms with van der Waals surface area (Å²) in [5.74, 6) is 0.969. The molecule has 0 spiro atoms. The Morgan fingerprint density at radius 3 is 2.57 bits per heavy atom.